The number of nitrogens with zero attached hydrogens (tertiary/aromatic N) is 3. The number of hydrogen-bond donors (Lipinski definition) is 2. The molecule has 0 saturated carbocycles. The maximum Gasteiger partial charge on any atom is 0.235 e. The third-order valence-electron chi connectivity index (χ3n) is 2.70. The molecule has 1 atom stereocenters. The van der Waals surface area contributed by atoms with Gasteiger partial charge in [-0.1, -0.05) is 11.6 Å². The standard InChI is InChI=1S/C10H9ClN4OS/c11-8-6-1-2-12-9(6)14-10(13-8)15-4-5(17)3-7(15)16/h1-2,5,17H,3-4H2,(H,12,13,14). The molecule has 1 aliphatic heterocycles. The molecule has 1 aliphatic rings. The van der Waals surface area contributed by atoms with Crippen LogP contribution in [0.4, 0.5) is 5.95 Å². The lowest BCUT2D eigenvalue weighted by Gasteiger charge is -2.13. The SMILES string of the molecule is O=C1CC(S)CN1c1nc(Cl)c2cc[nH]c2n1. The van der Waals surface area contributed by atoms with E-state index in [4.69, 9.17) is 11.6 Å². The molecule has 0 spiro atoms. The number of rotatable bonds is 1. The highest BCUT2D eigenvalue weighted by molar-refractivity contribution is 7.81. The number of halogens is 1. The molecule has 2 aromatic rings. The highest BCUT2D eigenvalue weighted by Crippen LogP contribution is 2.26. The van der Waals surface area contributed by atoms with Crippen LogP contribution in [0.3, 0.4) is 0 Å². The van der Waals surface area contributed by atoms with E-state index in [-0.39, 0.29) is 11.2 Å². The van der Waals surface area contributed by atoms with Crippen molar-refractivity contribution in [1.29, 1.82) is 0 Å². The molecular formula is C10H9ClN4OS. The van der Waals surface area contributed by atoms with Crippen LogP contribution in [0.5, 0.6) is 0 Å². The van der Waals surface area contributed by atoms with Crippen LogP contribution in [0, 0.1) is 0 Å². The largest absolute Gasteiger partial charge is 0.346 e. The summed E-state index contributed by atoms with van der Waals surface area (Å²) < 4.78 is 0. The van der Waals surface area contributed by atoms with E-state index in [2.05, 4.69) is 27.6 Å². The molecule has 17 heavy (non-hydrogen) atoms. The number of aromatic nitrogens is 3. The van der Waals surface area contributed by atoms with E-state index in [1.165, 1.54) is 4.90 Å². The second kappa shape index (κ2) is 3.89. The minimum Gasteiger partial charge on any atom is -0.346 e. The van der Waals surface area contributed by atoms with Gasteiger partial charge in [-0.3, -0.25) is 9.69 Å². The average molecular weight is 269 g/mol. The molecule has 0 aromatic carbocycles. The van der Waals surface area contributed by atoms with E-state index in [1.54, 1.807) is 12.3 Å². The van der Waals surface area contributed by atoms with Crippen LogP contribution in [-0.2, 0) is 4.79 Å². The van der Waals surface area contributed by atoms with Crippen molar-refractivity contribution in [3.63, 3.8) is 0 Å². The molecule has 0 bridgehead atoms. The van der Waals surface area contributed by atoms with Crippen LogP contribution in [0.15, 0.2) is 12.3 Å². The summed E-state index contributed by atoms with van der Waals surface area (Å²) >= 11 is 10.3. The number of anilines is 1. The van der Waals surface area contributed by atoms with Gasteiger partial charge >= 0.3 is 0 Å². The van der Waals surface area contributed by atoms with Crippen LogP contribution in [-0.4, -0.2) is 32.7 Å². The lowest BCUT2D eigenvalue weighted by Crippen LogP contribution is -2.26. The first-order chi connectivity index (χ1) is 8.15. The quantitative estimate of drug-likeness (QED) is 0.611. The maximum atomic E-state index is 11.7. The average Bonchev–Trinajstić information content (AvgIpc) is 2.84. The van der Waals surface area contributed by atoms with Crippen LogP contribution < -0.4 is 4.90 Å². The molecule has 0 aliphatic carbocycles. The van der Waals surface area contributed by atoms with Crippen LogP contribution in [0.1, 0.15) is 6.42 Å². The fourth-order valence-corrected chi connectivity index (χ4v) is 2.44. The van der Waals surface area contributed by atoms with Crippen molar-refractivity contribution in [2.45, 2.75) is 11.7 Å². The zero-order valence-corrected chi connectivity index (χ0v) is 10.4. The Labute approximate surface area is 108 Å². The first-order valence-corrected chi connectivity index (χ1v) is 6.03. The van der Waals surface area contributed by atoms with Gasteiger partial charge in [-0.25, -0.2) is 0 Å². The van der Waals surface area contributed by atoms with Gasteiger partial charge in [0, 0.05) is 24.4 Å². The molecule has 3 rings (SSSR count). The van der Waals surface area contributed by atoms with E-state index in [0.29, 0.717) is 29.7 Å². The molecular weight excluding hydrogens is 260 g/mol. The third kappa shape index (κ3) is 1.77. The minimum atomic E-state index is -0.0213. The number of carbonyl (C=O) groups is 1. The first-order valence-electron chi connectivity index (χ1n) is 5.14. The fourth-order valence-electron chi connectivity index (χ4n) is 1.90. The van der Waals surface area contributed by atoms with E-state index < -0.39 is 0 Å². The van der Waals surface area contributed by atoms with Gasteiger partial charge in [0.1, 0.15) is 10.8 Å². The summed E-state index contributed by atoms with van der Waals surface area (Å²) in [7, 11) is 0. The predicted molar refractivity (Wildman–Crippen MR) is 68.6 cm³/mol. The number of aromatic amines is 1. The Morgan fingerprint density at radius 3 is 3.06 bits per heavy atom. The van der Waals surface area contributed by atoms with E-state index in [9.17, 15) is 4.79 Å². The summed E-state index contributed by atoms with van der Waals surface area (Å²) in [6.45, 7) is 0.518. The molecule has 1 unspecified atom stereocenters. The van der Waals surface area contributed by atoms with E-state index in [0.717, 1.165) is 5.39 Å². The van der Waals surface area contributed by atoms with Gasteiger partial charge in [0.15, 0.2) is 0 Å². The number of H-pyrrole nitrogens is 1. The number of carbonyl (C=O) groups excluding carboxylic acids is 1. The van der Waals surface area contributed by atoms with Gasteiger partial charge < -0.3 is 4.98 Å². The highest BCUT2D eigenvalue weighted by Gasteiger charge is 2.30. The lowest BCUT2D eigenvalue weighted by atomic mass is 10.4. The van der Waals surface area contributed by atoms with E-state index in [1.807, 2.05) is 0 Å². The Kier molecular flexibility index (Phi) is 2.48. The summed E-state index contributed by atoms with van der Waals surface area (Å²) in [5, 5.41) is 1.13. The third-order valence-corrected chi connectivity index (χ3v) is 3.34. The highest BCUT2D eigenvalue weighted by atomic mass is 35.5. The Hall–Kier alpha value is -1.27. The zero-order chi connectivity index (χ0) is 12.0. The van der Waals surface area contributed by atoms with Gasteiger partial charge in [-0.15, -0.1) is 0 Å². The Bertz CT molecular complexity index is 599. The Balaban J connectivity index is 2.08. The first kappa shape index (κ1) is 10.9. The smallest absolute Gasteiger partial charge is 0.235 e. The van der Waals surface area contributed by atoms with Crippen LogP contribution in [0.2, 0.25) is 5.15 Å². The molecule has 0 radical (unpaired) electrons. The summed E-state index contributed by atoms with van der Waals surface area (Å²) in [5.41, 5.74) is 0.635. The molecule has 1 amide bonds. The molecule has 88 valence electrons. The maximum absolute atomic E-state index is 11.7. The van der Waals surface area contributed by atoms with Crippen molar-refractivity contribution in [1.82, 2.24) is 15.0 Å². The Morgan fingerprint density at radius 1 is 1.53 bits per heavy atom. The zero-order valence-electron chi connectivity index (χ0n) is 8.72. The number of hydrogen-bond acceptors (Lipinski definition) is 4. The monoisotopic (exact) mass is 268 g/mol. The van der Waals surface area contributed by atoms with Crippen molar-refractivity contribution in [2.75, 3.05) is 11.4 Å². The van der Waals surface area contributed by atoms with Gasteiger partial charge in [0.2, 0.25) is 11.9 Å². The van der Waals surface area contributed by atoms with Gasteiger partial charge in [0.25, 0.3) is 0 Å². The lowest BCUT2D eigenvalue weighted by molar-refractivity contribution is -0.117. The molecule has 2 aromatic heterocycles. The number of thiol groups is 1. The number of fused-ring (bicyclic) bond motifs is 1. The van der Waals surface area contributed by atoms with Crippen molar-refractivity contribution in [3.05, 3.63) is 17.4 Å². The molecule has 3 heterocycles. The van der Waals surface area contributed by atoms with Crippen molar-refractivity contribution >= 4 is 47.1 Å². The minimum absolute atomic E-state index is 0.0213. The van der Waals surface area contributed by atoms with E-state index >= 15 is 0 Å². The molecule has 7 heteroatoms. The summed E-state index contributed by atoms with van der Waals surface area (Å²) in [6.07, 6.45) is 2.15. The van der Waals surface area contributed by atoms with Gasteiger partial charge in [0.05, 0.1) is 5.39 Å². The number of nitrogens with one attached hydrogen (secondary N) is 1. The summed E-state index contributed by atoms with van der Waals surface area (Å²) in [6, 6.07) is 1.80. The predicted octanol–water partition coefficient (Wildman–Crippen LogP) is 1.65. The van der Waals surface area contributed by atoms with Gasteiger partial charge in [-0.2, -0.15) is 22.6 Å². The molecule has 1 saturated heterocycles. The van der Waals surface area contributed by atoms with Gasteiger partial charge in [-0.05, 0) is 6.07 Å². The number of amides is 1. The normalized spacial score (nSPS) is 20.5. The van der Waals surface area contributed by atoms with Crippen molar-refractivity contribution in [3.8, 4) is 0 Å². The topological polar surface area (TPSA) is 61.9 Å². The summed E-state index contributed by atoms with van der Waals surface area (Å²) in [5.74, 6) is 0.318. The second-order valence-electron chi connectivity index (χ2n) is 3.92. The fraction of sp³-hybridized carbons (Fsp3) is 0.300. The molecule has 5 nitrogen and oxygen atoms in total. The molecule has 1 fully saturated rings. The molecule has 1 N–H and O–H groups in total. The van der Waals surface area contributed by atoms with Crippen molar-refractivity contribution in [2.24, 2.45) is 0 Å². The van der Waals surface area contributed by atoms with Crippen molar-refractivity contribution < 1.29 is 4.79 Å². The van der Waals surface area contributed by atoms with Crippen LogP contribution >= 0.6 is 24.2 Å². The second-order valence-corrected chi connectivity index (χ2v) is 5.00. The Morgan fingerprint density at radius 2 is 2.35 bits per heavy atom. The summed E-state index contributed by atoms with van der Waals surface area (Å²) in [4.78, 5) is 24.6. The van der Waals surface area contributed by atoms with Crippen LogP contribution in [0.25, 0.3) is 11.0 Å².